The number of rotatable bonds is 7. The molecular weight excluding hydrogens is 370 g/mol. The summed E-state index contributed by atoms with van der Waals surface area (Å²) >= 11 is 1.21. The molecule has 7 heteroatoms. The van der Waals surface area contributed by atoms with E-state index >= 15 is 0 Å². The van der Waals surface area contributed by atoms with Crippen LogP contribution in [-0.2, 0) is 0 Å². The minimum atomic E-state index is -0.939. The molecule has 0 aliphatic rings. The highest BCUT2D eigenvalue weighted by Gasteiger charge is 2.12. The molecule has 1 heterocycles. The Bertz CT molecular complexity index is 943. The van der Waals surface area contributed by atoms with Crippen molar-refractivity contribution in [2.75, 3.05) is 11.9 Å². The summed E-state index contributed by atoms with van der Waals surface area (Å²) in [5, 5.41) is 4.76. The molecule has 140 valence electrons. The summed E-state index contributed by atoms with van der Waals surface area (Å²) in [6.07, 6.45) is 1.98. The molecule has 0 radical (unpaired) electrons. The van der Waals surface area contributed by atoms with E-state index in [-0.39, 0.29) is 5.91 Å². The van der Waals surface area contributed by atoms with Gasteiger partial charge in [-0.15, -0.1) is 11.3 Å². The molecule has 0 bridgehead atoms. The molecule has 0 saturated carbocycles. The largest absolute Gasteiger partial charge is 0.494 e. The van der Waals surface area contributed by atoms with E-state index in [1.165, 1.54) is 17.4 Å². The van der Waals surface area contributed by atoms with E-state index in [4.69, 9.17) is 4.74 Å². The van der Waals surface area contributed by atoms with Gasteiger partial charge >= 0.3 is 0 Å². The van der Waals surface area contributed by atoms with Crippen LogP contribution >= 0.6 is 11.3 Å². The van der Waals surface area contributed by atoms with Crippen LogP contribution in [0.2, 0.25) is 0 Å². The zero-order valence-electron chi connectivity index (χ0n) is 14.7. The lowest BCUT2D eigenvalue weighted by molar-refractivity contribution is 0.102. The zero-order valence-corrected chi connectivity index (χ0v) is 15.5. The molecule has 0 aliphatic heterocycles. The van der Waals surface area contributed by atoms with Crippen molar-refractivity contribution in [1.29, 1.82) is 0 Å². The minimum absolute atomic E-state index is 0.317. The topological polar surface area (TPSA) is 51.2 Å². The quantitative estimate of drug-likeness (QED) is 0.542. The second-order valence-electron chi connectivity index (χ2n) is 5.85. The number of amides is 1. The molecule has 27 heavy (non-hydrogen) atoms. The summed E-state index contributed by atoms with van der Waals surface area (Å²) in [6, 6.07) is 10.5. The van der Waals surface area contributed by atoms with Gasteiger partial charge in [0.05, 0.1) is 12.3 Å². The van der Waals surface area contributed by atoms with E-state index < -0.39 is 11.6 Å². The van der Waals surface area contributed by atoms with Gasteiger partial charge in [0.1, 0.15) is 5.75 Å². The maximum Gasteiger partial charge on any atom is 0.257 e. The number of nitrogens with one attached hydrogen (secondary N) is 1. The average molecular weight is 388 g/mol. The van der Waals surface area contributed by atoms with Gasteiger partial charge in [-0.05, 0) is 42.8 Å². The van der Waals surface area contributed by atoms with Crippen LogP contribution in [0, 0.1) is 11.6 Å². The van der Waals surface area contributed by atoms with E-state index in [0.717, 1.165) is 25.0 Å². The van der Waals surface area contributed by atoms with Crippen molar-refractivity contribution in [2.45, 2.75) is 19.8 Å². The molecule has 4 nitrogen and oxygen atoms in total. The summed E-state index contributed by atoms with van der Waals surface area (Å²) in [4.78, 5) is 16.7. The van der Waals surface area contributed by atoms with Gasteiger partial charge in [-0.25, -0.2) is 13.8 Å². The Kier molecular flexibility index (Phi) is 6.13. The molecule has 0 saturated heterocycles. The Labute approximate surface area is 159 Å². The first kappa shape index (κ1) is 19.0. The molecule has 0 unspecified atom stereocenters. The van der Waals surface area contributed by atoms with Gasteiger partial charge in [0, 0.05) is 16.5 Å². The third-order valence-corrected chi connectivity index (χ3v) is 4.56. The SMILES string of the molecule is CCCCOc1cccc(C(=O)Nc2nc(-c3ccc(F)c(F)c3)cs2)c1. The summed E-state index contributed by atoms with van der Waals surface area (Å²) < 4.78 is 32.0. The Morgan fingerprint density at radius 3 is 2.81 bits per heavy atom. The average Bonchev–Trinajstić information content (AvgIpc) is 3.13. The molecule has 1 amide bonds. The smallest absolute Gasteiger partial charge is 0.257 e. The van der Waals surface area contributed by atoms with Gasteiger partial charge in [-0.1, -0.05) is 19.4 Å². The standard InChI is InChI=1S/C20H18F2N2O2S/c1-2-3-9-26-15-6-4-5-14(10-15)19(25)24-20-23-18(12-27-20)13-7-8-16(21)17(22)11-13/h4-8,10-12H,2-3,9H2,1H3,(H,23,24,25). The second kappa shape index (κ2) is 8.73. The van der Waals surface area contributed by atoms with Gasteiger partial charge in [0.25, 0.3) is 5.91 Å². The molecule has 3 rings (SSSR count). The van der Waals surface area contributed by atoms with Gasteiger partial charge < -0.3 is 4.74 Å². The summed E-state index contributed by atoms with van der Waals surface area (Å²) in [6.45, 7) is 2.68. The number of hydrogen-bond donors (Lipinski definition) is 1. The molecular formula is C20H18F2N2O2S. The molecule has 2 aromatic carbocycles. The number of aromatic nitrogens is 1. The normalized spacial score (nSPS) is 10.6. The maximum absolute atomic E-state index is 13.4. The Morgan fingerprint density at radius 2 is 2.04 bits per heavy atom. The van der Waals surface area contributed by atoms with Gasteiger partial charge in [-0.3, -0.25) is 10.1 Å². The van der Waals surface area contributed by atoms with Crippen molar-refractivity contribution in [1.82, 2.24) is 4.98 Å². The van der Waals surface area contributed by atoms with Crippen LogP contribution in [0.15, 0.2) is 47.8 Å². The first-order valence-electron chi connectivity index (χ1n) is 8.52. The van der Waals surface area contributed by atoms with Crippen LogP contribution in [0.1, 0.15) is 30.1 Å². The number of anilines is 1. The summed E-state index contributed by atoms with van der Waals surface area (Å²) in [5.74, 6) is -1.53. The fourth-order valence-corrected chi connectivity index (χ4v) is 3.06. The molecule has 0 aliphatic carbocycles. The van der Waals surface area contributed by atoms with Crippen molar-refractivity contribution in [3.63, 3.8) is 0 Å². The third-order valence-electron chi connectivity index (χ3n) is 3.80. The zero-order chi connectivity index (χ0) is 19.2. The van der Waals surface area contributed by atoms with E-state index in [2.05, 4.69) is 17.2 Å². The van der Waals surface area contributed by atoms with E-state index in [1.807, 2.05) is 0 Å². The number of unbranched alkanes of at least 4 members (excludes halogenated alkanes) is 1. The fraction of sp³-hybridized carbons (Fsp3) is 0.200. The number of hydrogen-bond acceptors (Lipinski definition) is 4. The van der Waals surface area contributed by atoms with Crippen molar-refractivity contribution in [2.24, 2.45) is 0 Å². The first-order valence-corrected chi connectivity index (χ1v) is 9.40. The summed E-state index contributed by atoms with van der Waals surface area (Å²) in [5.41, 5.74) is 1.36. The molecule has 0 atom stereocenters. The highest BCUT2D eigenvalue weighted by atomic mass is 32.1. The first-order chi connectivity index (χ1) is 13.1. The van der Waals surface area contributed by atoms with E-state index in [9.17, 15) is 13.6 Å². The number of nitrogens with zero attached hydrogens (tertiary/aromatic N) is 1. The maximum atomic E-state index is 13.4. The van der Waals surface area contributed by atoms with Gasteiger partial charge in [0.2, 0.25) is 0 Å². The van der Waals surface area contributed by atoms with Crippen LogP contribution in [0.25, 0.3) is 11.3 Å². The highest BCUT2D eigenvalue weighted by molar-refractivity contribution is 7.14. The van der Waals surface area contributed by atoms with Crippen molar-refractivity contribution in [3.8, 4) is 17.0 Å². The molecule has 1 N–H and O–H groups in total. The second-order valence-corrected chi connectivity index (χ2v) is 6.71. The lowest BCUT2D eigenvalue weighted by atomic mass is 10.2. The minimum Gasteiger partial charge on any atom is -0.494 e. The lowest BCUT2D eigenvalue weighted by Gasteiger charge is -2.07. The number of benzene rings is 2. The molecule has 3 aromatic rings. The third kappa shape index (κ3) is 4.89. The van der Waals surface area contributed by atoms with Crippen molar-refractivity contribution >= 4 is 22.4 Å². The van der Waals surface area contributed by atoms with Gasteiger partial charge in [-0.2, -0.15) is 0 Å². The lowest BCUT2D eigenvalue weighted by Crippen LogP contribution is -2.11. The summed E-state index contributed by atoms with van der Waals surface area (Å²) in [7, 11) is 0. The fourth-order valence-electron chi connectivity index (χ4n) is 2.35. The predicted molar refractivity (Wildman–Crippen MR) is 102 cm³/mol. The van der Waals surface area contributed by atoms with Crippen molar-refractivity contribution < 1.29 is 18.3 Å². The number of halogens is 2. The van der Waals surface area contributed by atoms with Crippen LogP contribution in [0.3, 0.4) is 0 Å². The predicted octanol–water partition coefficient (Wildman–Crippen LogP) is 5.52. The highest BCUT2D eigenvalue weighted by Crippen LogP contribution is 2.26. The Balaban J connectivity index is 1.69. The molecule has 0 fully saturated rings. The monoisotopic (exact) mass is 388 g/mol. The van der Waals surface area contributed by atoms with Crippen LogP contribution in [0.4, 0.5) is 13.9 Å². The molecule has 0 spiro atoms. The number of thiazole rings is 1. The Hall–Kier alpha value is -2.80. The van der Waals surface area contributed by atoms with Crippen LogP contribution in [0.5, 0.6) is 5.75 Å². The number of carbonyl (C=O) groups is 1. The van der Waals surface area contributed by atoms with Crippen LogP contribution < -0.4 is 10.1 Å². The van der Waals surface area contributed by atoms with Crippen LogP contribution in [-0.4, -0.2) is 17.5 Å². The number of ether oxygens (including phenoxy) is 1. The Morgan fingerprint density at radius 1 is 1.19 bits per heavy atom. The van der Waals surface area contributed by atoms with Gasteiger partial charge in [0.15, 0.2) is 16.8 Å². The van der Waals surface area contributed by atoms with E-state index in [0.29, 0.717) is 34.3 Å². The van der Waals surface area contributed by atoms with Crippen molar-refractivity contribution in [3.05, 3.63) is 65.0 Å². The number of carbonyl (C=O) groups excluding carboxylic acids is 1. The molecule has 1 aromatic heterocycles. The van der Waals surface area contributed by atoms with E-state index in [1.54, 1.807) is 29.6 Å².